The molecule has 2 rings (SSSR count). The van der Waals surface area contributed by atoms with Gasteiger partial charge in [-0.2, -0.15) is 0 Å². The molecule has 5 nitrogen and oxygen atoms in total. The van der Waals surface area contributed by atoms with Crippen molar-refractivity contribution in [1.29, 1.82) is 0 Å². The SMILES string of the molecule is COc1ccc(CN(C(=O)CCCNC(=O)C(C)(C)C)C2CC2)cc1. The first-order chi connectivity index (χ1) is 11.8. The van der Waals surface area contributed by atoms with Crippen LogP contribution in [0, 0.1) is 5.41 Å². The molecule has 1 fully saturated rings. The summed E-state index contributed by atoms with van der Waals surface area (Å²) in [6, 6.07) is 8.23. The van der Waals surface area contributed by atoms with E-state index in [9.17, 15) is 9.59 Å². The second kappa shape index (κ2) is 8.37. The minimum atomic E-state index is -0.390. The van der Waals surface area contributed by atoms with Gasteiger partial charge in [0.2, 0.25) is 11.8 Å². The molecule has 1 aromatic carbocycles. The van der Waals surface area contributed by atoms with Gasteiger partial charge in [-0.3, -0.25) is 9.59 Å². The number of carbonyl (C=O) groups excluding carboxylic acids is 2. The minimum absolute atomic E-state index is 0.0252. The summed E-state index contributed by atoms with van der Waals surface area (Å²) in [6.07, 6.45) is 3.31. The van der Waals surface area contributed by atoms with Gasteiger partial charge in [0.25, 0.3) is 0 Å². The Bertz CT molecular complexity index is 586. The minimum Gasteiger partial charge on any atom is -0.497 e. The van der Waals surface area contributed by atoms with E-state index in [-0.39, 0.29) is 11.8 Å². The zero-order valence-electron chi connectivity index (χ0n) is 15.8. The molecule has 1 saturated carbocycles. The third-order valence-corrected chi connectivity index (χ3v) is 4.35. The van der Waals surface area contributed by atoms with E-state index >= 15 is 0 Å². The van der Waals surface area contributed by atoms with Crippen molar-refractivity contribution in [3.05, 3.63) is 29.8 Å². The van der Waals surface area contributed by atoms with Crippen LogP contribution in [0.15, 0.2) is 24.3 Å². The van der Waals surface area contributed by atoms with Crippen LogP contribution in [0.5, 0.6) is 5.75 Å². The molecule has 0 bridgehead atoms. The summed E-state index contributed by atoms with van der Waals surface area (Å²) in [6.45, 7) is 6.84. The summed E-state index contributed by atoms with van der Waals surface area (Å²) >= 11 is 0. The highest BCUT2D eigenvalue weighted by molar-refractivity contribution is 5.81. The zero-order chi connectivity index (χ0) is 18.4. The van der Waals surface area contributed by atoms with Crippen LogP contribution >= 0.6 is 0 Å². The van der Waals surface area contributed by atoms with Crippen molar-refractivity contribution in [1.82, 2.24) is 10.2 Å². The van der Waals surface area contributed by atoms with E-state index in [1.165, 1.54) is 0 Å². The molecule has 0 aliphatic heterocycles. The molecule has 25 heavy (non-hydrogen) atoms. The average Bonchev–Trinajstić information content (AvgIpc) is 3.40. The maximum Gasteiger partial charge on any atom is 0.225 e. The van der Waals surface area contributed by atoms with E-state index in [2.05, 4.69) is 5.32 Å². The van der Waals surface area contributed by atoms with E-state index in [1.807, 2.05) is 49.9 Å². The predicted octanol–water partition coefficient (Wildman–Crippen LogP) is 3.13. The molecular formula is C20H30N2O3. The maximum absolute atomic E-state index is 12.6. The number of carbonyl (C=O) groups is 2. The van der Waals surface area contributed by atoms with Crippen LogP contribution in [-0.4, -0.2) is 36.4 Å². The monoisotopic (exact) mass is 346 g/mol. The van der Waals surface area contributed by atoms with Crippen LogP contribution in [0.25, 0.3) is 0 Å². The largest absolute Gasteiger partial charge is 0.497 e. The van der Waals surface area contributed by atoms with E-state index in [1.54, 1.807) is 7.11 Å². The molecule has 0 radical (unpaired) electrons. The summed E-state index contributed by atoms with van der Waals surface area (Å²) in [5, 5.41) is 2.90. The maximum atomic E-state index is 12.6. The Labute approximate surface area is 150 Å². The molecule has 1 N–H and O–H groups in total. The molecule has 5 heteroatoms. The fourth-order valence-electron chi connectivity index (χ4n) is 2.59. The molecule has 0 aromatic heterocycles. The van der Waals surface area contributed by atoms with Gasteiger partial charge in [0.15, 0.2) is 0 Å². The molecule has 0 unspecified atom stereocenters. The van der Waals surface area contributed by atoms with Crippen molar-refractivity contribution in [2.45, 2.75) is 59.0 Å². The normalized spacial score (nSPS) is 14.1. The quantitative estimate of drug-likeness (QED) is 0.736. The van der Waals surface area contributed by atoms with Gasteiger partial charge < -0.3 is 15.0 Å². The first-order valence-electron chi connectivity index (χ1n) is 9.02. The van der Waals surface area contributed by atoms with Gasteiger partial charge in [-0.05, 0) is 37.0 Å². The summed E-state index contributed by atoms with van der Waals surface area (Å²) in [5.41, 5.74) is 0.723. The Morgan fingerprint density at radius 1 is 1.20 bits per heavy atom. The highest BCUT2D eigenvalue weighted by atomic mass is 16.5. The molecule has 0 saturated heterocycles. The lowest BCUT2D eigenvalue weighted by molar-refractivity contribution is -0.133. The molecule has 1 aromatic rings. The summed E-state index contributed by atoms with van der Waals surface area (Å²) in [7, 11) is 1.65. The van der Waals surface area contributed by atoms with Crippen molar-refractivity contribution >= 4 is 11.8 Å². The van der Waals surface area contributed by atoms with Crippen LogP contribution in [0.4, 0.5) is 0 Å². The van der Waals surface area contributed by atoms with E-state index < -0.39 is 5.41 Å². The molecule has 1 aliphatic rings. The van der Waals surface area contributed by atoms with E-state index in [4.69, 9.17) is 4.74 Å². The average molecular weight is 346 g/mol. The molecule has 0 heterocycles. The lowest BCUT2D eigenvalue weighted by Gasteiger charge is -2.23. The Kier molecular flexibility index (Phi) is 6.45. The second-order valence-electron chi connectivity index (χ2n) is 7.71. The van der Waals surface area contributed by atoms with Crippen molar-refractivity contribution < 1.29 is 14.3 Å². The van der Waals surface area contributed by atoms with Crippen LogP contribution in [-0.2, 0) is 16.1 Å². The third kappa shape index (κ3) is 6.07. The number of amides is 2. The van der Waals surface area contributed by atoms with Gasteiger partial charge in [-0.1, -0.05) is 32.9 Å². The smallest absolute Gasteiger partial charge is 0.225 e. The Morgan fingerprint density at radius 2 is 1.84 bits per heavy atom. The molecular weight excluding hydrogens is 316 g/mol. The van der Waals surface area contributed by atoms with Gasteiger partial charge in [0, 0.05) is 31.0 Å². The zero-order valence-corrected chi connectivity index (χ0v) is 15.8. The van der Waals surface area contributed by atoms with Gasteiger partial charge in [0.1, 0.15) is 5.75 Å². The molecule has 138 valence electrons. The number of hydrogen-bond acceptors (Lipinski definition) is 3. The van der Waals surface area contributed by atoms with Crippen molar-refractivity contribution in [2.75, 3.05) is 13.7 Å². The van der Waals surface area contributed by atoms with Crippen LogP contribution in [0.2, 0.25) is 0 Å². The van der Waals surface area contributed by atoms with Gasteiger partial charge >= 0.3 is 0 Å². The van der Waals surface area contributed by atoms with E-state index in [0.717, 1.165) is 24.2 Å². The standard InChI is InChI=1S/C20H30N2O3/c1-20(2,3)19(24)21-13-5-6-18(23)22(16-9-10-16)14-15-7-11-17(25-4)12-8-15/h7-8,11-12,16H,5-6,9-10,13-14H2,1-4H3,(H,21,24). The van der Waals surface area contributed by atoms with Crippen molar-refractivity contribution in [3.8, 4) is 5.75 Å². The van der Waals surface area contributed by atoms with Crippen molar-refractivity contribution in [2.24, 2.45) is 5.41 Å². The first kappa shape index (κ1) is 19.3. The molecule has 0 spiro atoms. The van der Waals surface area contributed by atoms with E-state index in [0.29, 0.717) is 32.0 Å². The lowest BCUT2D eigenvalue weighted by atomic mass is 9.96. The van der Waals surface area contributed by atoms with Crippen LogP contribution < -0.4 is 10.1 Å². The fourth-order valence-corrected chi connectivity index (χ4v) is 2.59. The van der Waals surface area contributed by atoms with Crippen LogP contribution in [0.3, 0.4) is 0 Å². The number of hydrogen-bond donors (Lipinski definition) is 1. The predicted molar refractivity (Wildman–Crippen MR) is 98.3 cm³/mol. The molecule has 0 atom stereocenters. The topological polar surface area (TPSA) is 58.6 Å². The Balaban J connectivity index is 1.81. The molecule has 2 amide bonds. The Morgan fingerprint density at radius 3 is 2.36 bits per heavy atom. The van der Waals surface area contributed by atoms with Gasteiger partial charge in [0.05, 0.1) is 7.11 Å². The summed E-state index contributed by atoms with van der Waals surface area (Å²) in [4.78, 5) is 26.4. The number of nitrogens with one attached hydrogen (secondary N) is 1. The van der Waals surface area contributed by atoms with Crippen molar-refractivity contribution in [3.63, 3.8) is 0 Å². The number of benzene rings is 1. The third-order valence-electron chi connectivity index (χ3n) is 4.35. The molecule has 1 aliphatic carbocycles. The lowest BCUT2D eigenvalue weighted by Crippen LogP contribution is -2.36. The number of ether oxygens (including phenoxy) is 1. The highest BCUT2D eigenvalue weighted by Gasteiger charge is 2.32. The van der Waals surface area contributed by atoms with Gasteiger partial charge in [-0.15, -0.1) is 0 Å². The summed E-state index contributed by atoms with van der Waals surface area (Å²) in [5.74, 6) is 1.02. The summed E-state index contributed by atoms with van der Waals surface area (Å²) < 4.78 is 5.17. The number of nitrogens with zero attached hydrogens (tertiary/aromatic N) is 1. The number of methoxy groups -OCH3 is 1. The van der Waals surface area contributed by atoms with Gasteiger partial charge in [-0.25, -0.2) is 0 Å². The fraction of sp³-hybridized carbons (Fsp3) is 0.600. The Hall–Kier alpha value is -2.04. The highest BCUT2D eigenvalue weighted by Crippen LogP contribution is 2.29. The second-order valence-corrected chi connectivity index (χ2v) is 7.71. The first-order valence-corrected chi connectivity index (χ1v) is 9.02. The van der Waals surface area contributed by atoms with Crippen LogP contribution in [0.1, 0.15) is 52.0 Å². The number of rotatable bonds is 8.